The smallest absolute Gasteiger partial charge is 0.271 e. The third kappa shape index (κ3) is 3.52. The largest absolute Gasteiger partial charge is 0.273 e. The summed E-state index contributed by atoms with van der Waals surface area (Å²) in [5, 5.41) is 13.2. The predicted molar refractivity (Wildman–Crippen MR) is 122 cm³/mol. The fraction of sp³-hybridized carbons (Fsp3) is 0.130. The van der Waals surface area contributed by atoms with Gasteiger partial charge in [-0.25, -0.2) is 9.96 Å². The van der Waals surface area contributed by atoms with Crippen LogP contribution in [0.5, 0.6) is 0 Å². The summed E-state index contributed by atoms with van der Waals surface area (Å²) in [4.78, 5) is 44.7. The van der Waals surface area contributed by atoms with Gasteiger partial charge >= 0.3 is 0 Å². The van der Waals surface area contributed by atoms with Crippen LogP contribution < -0.4 is 9.96 Å². The van der Waals surface area contributed by atoms with Crippen LogP contribution in [0, 0.1) is 16.0 Å². The number of nitrogens with zero attached hydrogens (tertiary/aromatic N) is 3. The number of hydroxylamine groups is 1. The molecule has 33 heavy (non-hydrogen) atoms. The van der Waals surface area contributed by atoms with Crippen molar-refractivity contribution in [3.63, 3.8) is 0 Å². The van der Waals surface area contributed by atoms with Crippen LogP contribution in [-0.4, -0.2) is 22.8 Å². The number of benzene rings is 3. The molecule has 0 saturated carbocycles. The lowest BCUT2D eigenvalue weighted by Gasteiger charge is -2.28. The Hall–Kier alpha value is -3.46. The van der Waals surface area contributed by atoms with Crippen LogP contribution in [0.1, 0.15) is 11.6 Å². The van der Waals surface area contributed by atoms with E-state index in [1.165, 1.54) is 35.4 Å². The average Bonchev–Trinajstić information content (AvgIpc) is 3.32. The predicted octanol–water partition coefficient (Wildman–Crippen LogP) is 4.95. The molecule has 2 fully saturated rings. The van der Waals surface area contributed by atoms with E-state index in [0.717, 1.165) is 10.5 Å². The first kappa shape index (κ1) is 21.4. The molecule has 0 spiro atoms. The summed E-state index contributed by atoms with van der Waals surface area (Å²) in [7, 11) is 0. The normalized spacial score (nSPS) is 22.1. The Kier molecular flexibility index (Phi) is 5.28. The van der Waals surface area contributed by atoms with Crippen LogP contribution in [0.3, 0.4) is 0 Å². The fourth-order valence-corrected chi connectivity index (χ4v) is 4.54. The van der Waals surface area contributed by atoms with E-state index in [0.29, 0.717) is 16.4 Å². The number of nitro benzene ring substituents is 1. The number of hydrogen-bond donors (Lipinski definition) is 0. The molecule has 0 bridgehead atoms. The molecular formula is C23H15Cl2N3O5. The van der Waals surface area contributed by atoms with Crippen molar-refractivity contribution in [2.24, 2.45) is 5.92 Å². The molecule has 0 radical (unpaired) electrons. The van der Waals surface area contributed by atoms with Crippen molar-refractivity contribution in [1.29, 1.82) is 0 Å². The van der Waals surface area contributed by atoms with Crippen molar-refractivity contribution in [3.05, 3.63) is 98.5 Å². The summed E-state index contributed by atoms with van der Waals surface area (Å²) in [6.07, 6.45) is -1.10. The summed E-state index contributed by atoms with van der Waals surface area (Å²) in [5.41, 5.74) is 1.27. The maximum atomic E-state index is 13.5. The number of carbonyl (C=O) groups excluding carboxylic acids is 2. The molecule has 3 aromatic rings. The number of rotatable bonds is 4. The Balaban J connectivity index is 1.58. The van der Waals surface area contributed by atoms with Gasteiger partial charge < -0.3 is 0 Å². The number of halogens is 2. The molecule has 0 aliphatic carbocycles. The molecule has 3 aromatic carbocycles. The molecule has 10 heteroatoms. The zero-order valence-electron chi connectivity index (χ0n) is 16.8. The SMILES string of the molecule is O=C1[C@H]2[C@@H](c3ccccc3)N(c3cccc([N+](=O)[O-])c3)O[C@H]2C(=O)N1c1ccc(Cl)c(Cl)c1. The Morgan fingerprint density at radius 2 is 1.61 bits per heavy atom. The van der Waals surface area contributed by atoms with Crippen LogP contribution >= 0.6 is 23.2 Å². The van der Waals surface area contributed by atoms with Crippen molar-refractivity contribution in [3.8, 4) is 0 Å². The maximum Gasteiger partial charge on any atom is 0.271 e. The molecule has 2 heterocycles. The second-order valence-electron chi connectivity index (χ2n) is 7.62. The van der Waals surface area contributed by atoms with Gasteiger partial charge in [-0.15, -0.1) is 0 Å². The molecule has 2 aliphatic rings. The Morgan fingerprint density at radius 1 is 0.848 bits per heavy atom. The van der Waals surface area contributed by atoms with Gasteiger partial charge in [-0.2, -0.15) is 0 Å². The number of carbonyl (C=O) groups is 2. The molecule has 8 nitrogen and oxygen atoms in total. The molecule has 0 unspecified atom stereocenters. The number of amides is 2. The zero-order valence-corrected chi connectivity index (χ0v) is 18.3. The maximum absolute atomic E-state index is 13.5. The first-order chi connectivity index (χ1) is 15.9. The van der Waals surface area contributed by atoms with E-state index in [-0.39, 0.29) is 10.7 Å². The number of imide groups is 1. The highest BCUT2D eigenvalue weighted by Crippen LogP contribution is 2.48. The van der Waals surface area contributed by atoms with Gasteiger partial charge in [0.15, 0.2) is 6.10 Å². The Labute approximate surface area is 198 Å². The number of anilines is 2. The lowest BCUT2D eigenvalue weighted by Crippen LogP contribution is -2.37. The topological polar surface area (TPSA) is 93.0 Å². The van der Waals surface area contributed by atoms with Crippen LogP contribution in [0.2, 0.25) is 10.0 Å². The van der Waals surface area contributed by atoms with E-state index < -0.39 is 34.8 Å². The summed E-state index contributed by atoms with van der Waals surface area (Å²) in [6, 6.07) is 18.8. The minimum Gasteiger partial charge on any atom is -0.273 e. The second-order valence-corrected chi connectivity index (χ2v) is 8.43. The van der Waals surface area contributed by atoms with Gasteiger partial charge in [0, 0.05) is 12.1 Å². The third-order valence-corrected chi connectivity index (χ3v) is 6.45. The van der Waals surface area contributed by atoms with E-state index >= 15 is 0 Å². The van der Waals surface area contributed by atoms with Gasteiger partial charge in [0.05, 0.1) is 32.4 Å². The zero-order chi connectivity index (χ0) is 23.3. The monoisotopic (exact) mass is 483 g/mol. The summed E-state index contributed by atoms with van der Waals surface area (Å²) in [5.74, 6) is -1.86. The van der Waals surface area contributed by atoms with E-state index in [2.05, 4.69) is 0 Å². The lowest BCUT2D eigenvalue weighted by atomic mass is 9.90. The first-order valence-electron chi connectivity index (χ1n) is 9.95. The van der Waals surface area contributed by atoms with Gasteiger partial charge in [-0.05, 0) is 29.8 Å². The molecule has 2 saturated heterocycles. The van der Waals surface area contributed by atoms with E-state index in [1.807, 2.05) is 30.3 Å². The van der Waals surface area contributed by atoms with Crippen molar-refractivity contribution < 1.29 is 19.3 Å². The van der Waals surface area contributed by atoms with Gasteiger partial charge in [0.25, 0.3) is 11.6 Å². The average molecular weight is 484 g/mol. The highest BCUT2D eigenvalue weighted by Gasteiger charge is 2.60. The number of fused-ring (bicyclic) bond motifs is 1. The van der Waals surface area contributed by atoms with Crippen molar-refractivity contribution in [2.75, 3.05) is 9.96 Å². The van der Waals surface area contributed by atoms with E-state index in [9.17, 15) is 19.7 Å². The third-order valence-electron chi connectivity index (χ3n) is 5.71. The summed E-state index contributed by atoms with van der Waals surface area (Å²) < 4.78 is 0. The van der Waals surface area contributed by atoms with Gasteiger partial charge in [0.2, 0.25) is 5.91 Å². The minimum absolute atomic E-state index is 0.130. The van der Waals surface area contributed by atoms with Crippen molar-refractivity contribution in [1.82, 2.24) is 0 Å². The molecule has 0 aromatic heterocycles. The summed E-state index contributed by atoms with van der Waals surface area (Å²) in [6.45, 7) is 0. The van der Waals surface area contributed by atoms with Crippen LogP contribution in [0.15, 0.2) is 72.8 Å². The quantitative estimate of drug-likeness (QED) is 0.296. The lowest BCUT2D eigenvalue weighted by molar-refractivity contribution is -0.384. The molecule has 166 valence electrons. The van der Waals surface area contributed by atoms with E-state index in [4.69, 9.17) is 28.0 Å². The van der Waals surface area contributed by atoms with Gasteiger partial charge in [-0.3, -0.25) is 24.5 Å². The Bertz CT molecular complexity index is 1290. The molecule has 5 rings (SSSR count). The molecule has 3 atom stereocenters. The van der Waals surface area contributed by atoms with Crippen LogP contribution in [-0.2, 0) is 14.4 Å². The molecule has 0 N–H and O–H groups in total. The number of nitro groups is 1. The Morgan fingerprint density at radius 3 is 2.30 bits per heavy atom. The standard InChI is InChI=1S/C23H15Cl2N3O5/c24-17-10-9-14(12-18(17)25)26-22(29)19-20(13-5-2-1-3-6-13)27(33-21(19)23(26)30)15-7-4-8-16(11-15)28(31)32/h1-12,19-21H/t19-,20+,21+/m0/s1. The second kappa shape index (κ2) is 8.15. The highest BCUT2D eigenvalue weighted by atomic mass is 35.5. The first-order valence-corrected chi connectivity index (χ1v) is 10.7. The van der Waals surface area contributed by atoms with Crippen molar-refractivity contribution >= 4 is 52.1 Å². The van der Waals surface area contributed by atoms with Crippen LogP contribution in [0.25, 0.3) is 0 Å². The molecule has 2 amide bonds. The minimum atomic E-state index is -1.10. The number of hydrogen-bond acceptors (Lipinski definition) is 6. The fourth-order valence-electron chi connectivity index (χ4n) is 4.25. The van der Waals surface area contributed by atoms with Crippen molar-refractivity contribution in [2.45, 2.75) is 12.1 Å². The molecular weight excluding hydrogens is 469 g/mol. The summed E-state index contributed by atoms with van der Waals surface area (Å²) >= 11 is 12.1. The highest BCUT2D eigenvalue weighted by molar-refractivity contribution is 6.42. The van der Waals surface area contributed by atoms with E-state index in [1.54, 1.807) is 12.1 Å². The van der Waals surface area contributed by atoms with Crippen LogP contribution in [0.4, 0.5) is 17.1 Å². The number of non-ortho nitro benzene ring substituents is 1. The van der Waals surface area contributed by atoms with Gasteiger partial charge in [0.1, 0.15) is 5.92 Å². The molecule has 2 aliphatic heterocycles. The van der Waals surface area contributed by atoms with Gasteiger partial charge in [-0.1, -0.05) is 59.6 Å².